The first-order chi connectivity index (χ1) is 11.2. The molecule has 0 saturated carbocycles. The molecule has 1 rings (SSSR count). The summed E-state index contributed by atoms with van der Waals surface area (Å²) >= 11 is 0. The van der Waals surface area contributed by atoms with Crippen LogP contribution in [-0.2, 0) is 19.1 Å². The smallest absolute Gasteiger partial charge is 0.338 e. The maximum absolute atomic E-state index is 12.0. The molecule has 0 saturated heterocycles. The van der Waals surface area contributed by atoms with Crippen LogP contribution in [-0.4, -0.2) is 30.5 Å². The number of ether oxygens (including phenoxy) is 4. The molecule has 0 spiro atoms. The van der Waals surface area contributed by atoms with Crippen molar-refractivity contribution in [3.05, 3.63) is 17.7 Å². The van der Waals surface area contributed by atoms with Gasteiger partial charge in [0, 0.05) is 20.8 Å². The number of esters is 4. The SMILES string of the molecule is CCCOC(=O)c1cc(OC(C)=O)c(OC(C)=O)c(OC(C)=O)c1. The summed E-state index contributed by atoms with van der Waals surface area (Å²) in [4.78, 5) is 45.8. The van der Waals surface area contributed by atoms with Gasteiger partial charge in [0.15, 0.2) is 11.5 Å². The summed E-state index contributed by atoms with van der Waals surface area (Å²) in [5.41, 5.74) is -0.0214. The zero-order chi connectivity index (χ0) is 18.3. The predicted octanol–water partition coefficient (Wildman–Crippen LogP) is 2.03. The van der Waals surface area contributed by atoms with Crippen LogP contribution < -0.4 is 14.2 Å². The fourth-order valence-corrected chi connectivity index (χ4v) is 1.68. The molecule has 0 aliphatic heterocycles. The Balaban J connectivity index is 3.42. The van der Waals surface area contributed by atoms with Crippen molar-refractivity contribution >= 4 is 23.9 Å². The van der Waals surface area contributed by atoms with Crippen molar-refractivity contribution < 1.29 is 38.1 Å². The molecule has 0 aromatic heterocycles. The van der Waals surface area contributed by atoms with Crippen LogP contribution in [0.5, 0.6) is 17.2 Å². The van der Waals surface area contributed by atoms with Gasteiger partial charge in [-0.3, -0.25) is 14.4 Å². The van der Waals surface area contributed by atoms with Crippen LogP contribution in [0.25, 0.3) is 0 Å². The van der Waals surface area contributed by atoms with E-state index in [1.54, 1.807) is 0 Å². The van der Waals surface area contributed by atoms with Crippen molar-refractivity contribution in [2.45, 2.75) is 34.1 Å². The molecule has 0 aliphatic rings. The van der Waals surface area contributed by atoms with E-state index in [2.05, 4.69) is 0 Å². The van der Waals surface area contributed by atoms with Gasteiger partial charge in [-0.1, -0.05) is 6.92 Å². The molecular formula is C16H18O8. The molecule has 0 bridgehead atoms. The zero-order valence-electron chi connectivity index (χ0n) is 13.8. The van der Waals surface area contributed by atoms with E-state index in [0.717, 1.165) is 20.8 Å². The monoisotopic (exact) mass is 338 g/mol. The average Bonchev–Trinajstić information content (AvgIpc) is 2.46. The van der Waals surface area contributed by atoms with Crippen LogP contribution in [0.1, 0.15) is 44.5 Å². The number of carbonyl (C=O) groups is 4. The summed E-state index contributed by atoms with van der Waals surface area (Å²) in [7, 11) is 0. The second-order valence-corrected chi connectivity index (χ2v) is 4.72. The third-order valence-corrected chi connectivity index (χ3v) is 2.45. The lowest BCUT2D eigenvalue weighted by Gasteiger charge is -2.14. The van der Waals surface area contributed by atoms with Crippen LogP contribution in [0, 0.1) is 0 Å². The van der Waals surface area contributed by atoms with Crippen LogP contribution in [0.15, 0.2) is 12.1 Å². The van der Waals surface area contributed by atoms with Gasteiger partial charge in [-0.25, -0.2) is 4.79 Å². The summed E-state index contributed by atoms with van der Waals surface area (Å²) in [5.74, 6) is -3.60. The molecule has 0 amide bonds. The van der Waals surface area contributed by atoms with E-state index in [1.807, 2.05) is 6.92 Å². The summed E-state index contributed by atoms with van der Waals surface area (Å²) in [5, 5.41) is 0. The Labute approximate surface area is 138 Å². The van der Waals surface area contributed by atoms with Gasteiger partial charge in [-0.05, 0) is 18.6 Å². The molecule has 0 fully saturated rings. The molecule has 0 atom stereocenters. The van der Waals surface area contributed by atoms with Crippen LogP contribution in [0.3, 0.4) is 0 Å². The summed E-state index contributed by atoms with van der Waals surface area (Å²) < 4.78 is 19.8. The molecule has 0 heterocycles. The maximum atomic E-state index is 12.0. The molecular weight excluding hydrogens is 320 g/mol. The first-order valence-electron chi connectivity index (χ1n) is 7.15. The predicted molar refractivity (Wildman–Crippen MR) is 80.9 cm³/mol. The molecule has 0 unspecified atom stereocenters. The van der Waals surface area contributed by atoms with Crippen LogP contribution in [0.4, 0.5) is 0 Å². The molecule has 24 heavy (non-hydrogen) atoms. The van der Waals surface area contributed by atoms with E-state index >= 15 is 0 Å². The standard InChI is InChI=1S/C16H18O8/c1-5-6-21-16(20)12-7-13(22-9(2)17)15(24-11(4)19)14(8-12)23-10(3)18/h7-8H,5-6H2,1-4H3. The van der Waals surface area contributed by atoms with E-state index in [9.17, 15) is 19.2 Å². The molecule has 0 N–H and O–H groups in total. The van der Waals surface area contributed by atoms with E-state index in [0.29, 0.717) is 6.42 Å². The number of hydrogen-bond acceptors (Lipinski definition) is 8. The van der Waals surface area contributed by atoms with Crippen LogP contribution in [0.2, 0.25) is 0 Å². The molecule has 0 radical (unpaired) electrons. The van der Waals surface area contributed by atoms with E-state index in [-0.39, 0.29) is 29.4 Å². The Morgan fingerprint density at radius 3 is 1.67 bits per heavy atom. The normalized spacial score (nSPS) is 9.83. The van der Waals surface area contributed by atoms with Crippen molar-refractivity contribution in [2.75, 3.05) is 6.61 Å². The maximum Gasteiger partial charge on any atom is 0.338 e. The van der Waals surface area contributed by atoms with Gasteiger partial charge in [0.25, 0.3) is 0 Å². The number of rotatable bonds is 6. The number of carbonyl (C=O) groups excluding carboxylic acids is 4. The van der Waals surface area contributed by atoms with Crippen molar-refractivity contribution in [2.24, 2.45) is 0 Å². The van der Waals surface area contributed by atoms with Crippen molar-refractivity contribution in [3.8, 4) is 17.2 Å². The van der Waals surface area contributed by atoms with Gasteiger partial charge in [-0.15, -0.1) is 0 Å². The first kappa shape index (κ1) is 19.1. The van der Waals surface area contributed by atoms with E-state index in [4.69, 9.17) is 18.9 Å². The minimum atomic E-state index is -0.724. The van der Waals surface area contributed by atoms with Crippen LogP contribution >= 0.6 is 0 Å². The van der Waals surface area contributed by atoms with Crippen molar-refractivity contribution in [1.29, 1.82) is 0 Å². The third kappa shape index (κ3) is 5.71. The highest BCUT2D eigenvalue weighted by atomic mass is 16.6. The summed E-state index contributed by atoms with van der Waals surface area (Å²) in [6.07, 6.45) is 0.616. The molecule has 8 heteroatoms. The molecule has 1 aromatic carbocycles. The van der Waals surface area contributed by atoms with Gasteiger partial charge >= 0.3 is 23.9 Å². The lowest BCUT2D eigenvalue weighted by molar-refractivity contribution is -0.135. The van der Waals surface area contributed by atoms with E-state index in [1.165, 1.54) is 12.1 Å². The Hall–Kier alpha value is -2.90. The zero-order valence-corrected chi connectivity index (χ0v) is 13.8. The third-order valence-electron chi connectivity index (χ3n) is 2.45. The lowest BCUT2D eigenvalue weighted by Crippen LogP contribution is -2.13. The highest BCUT2D eigenvalue weighted by molar-refractivity contribution is 5.92. The molecule has 1 aromatic rings. The van der Waals surface area contributed by atoms with Gasteiger partial charge in [-0.2, -0.15) is 0 Å². The Bertz CT molecular complexity index is 625. The Morgan fingerprint density at radius 2 is 1.29 bits per heavy atom. The topological polar surface area (TPSA) is 105 Å². The summed E-state index contributed by atoms with van der Waals surface area (Å²) in [6.45, 7) is 5.40. The Kier molecular flexibility index (Phi) is 6.91. The fourth-order valence-electron chi connectivity index (χ4n) is 1.68. The molecule has 130 valence electrons. The number of hydrogen-bond donors (Lipinski definition) is 0. The van der Waals surface area contributed by atoms with Gasteiger partial charge < -0.3 is 18.9 Å². The minimum Gasteiger partial charge on any atom is -0.462 e. The Morgan fingerprint density at radius 1 is 0.833 bits per heavy atom. The highest BCUT2D eigenvalue weighted by Gasteiger charge is 2.22. The highest BCUT2D eigenvalue weighted by Crippen LogP contribution is 2.39. The van der Waals surface area contributed by atoms with E-state index < -0.39 is 23.9 Å². The lowest BCUT2D eigenvalue weighted by atomic mass is 10.2. The van der Waals surface area contributed by atoms with Crippen molar-refractivity contribution in [3.63, 3.8) is 0 Å². The molecule has 8 nitrogen and oxygen atoms in total. The second-order valence-electron chi connectivity index (χ2n) is 4.72. The first-order valence-corrected chi connectivity index (χ1v) is 7.15. The molecule has 0 aliphatic carbocycles. The minimum absolute atomic E-state index is 0.0214. The average molecular weight is 338 g/mol. The second kappa shape index (κ2) is 8.66. The van der Waals surface area contributed by atoms with Gasteiger partial charge in [0.2, 0.25) is 5.75 Å². The van der Waals surface area contributed by atoms with Gasteiger partial charge in [0.1, 0.15) is 0 Å². The largest absolute Gasteiger partial charge is 0.462 e. The number of benzene rings is 1. The van der Waals surface area contributed by atoms with Crippen molar-refractivity contribution in [1.82, 2.24) is 0 Å². The quantitative estimate of drug-likeness (QED) is 0.573. The summed E-state index contributed by atoms with van der Waals surface area (Å²) in [6, 6.07) is 2.34. The van der Waals surface area contributed by atoms with Gasteiger partial charge in [0.05, 0.1) is 12.2 Å². The fraction of sp³-hybridized carbons (Fsp3) is 0.375.